The van der Waals surface area contributed by atoms with Gasteiger partial charge in [0, 0.05) is 29.4 Å². The molecule has 1 aromatic carbocycles. The Balaban J connectivity index is 2.00. The average molecular weight is 331 g/mol. The highest BCUT2D eigenvalue weighted by atomic mass is 35.5. The van der Waals surface area contributed by atoms with Crippen LogP contribution >= 0.6 is 23.2 Å². The molecule has 1 saturated carbocycles. The number of ether oxygens (including phenoxy) is 1. The summed E-state index contributed by atoms with van der Waals surface area (Å²) in [6, 6.07) is 4.75. The van der Waals surface area contributed by atoms with Gasteiger partial charge in [-0.25, -0.2) is 0 Å². The lowest BCUT2D eigenvalue weighted by atomic mass is 10.1. The number of halogens is 2. The number of amides is 2. The fraction of sp³-hybridized carbons (Fsp3) is 0.429. The normalized spacial score (nSPS) is 15.4. The number of benzene rings is 1. The van der Waals surface area contributed by atoms with Crippen molar-refractivity contribution < 1.29 is 14.3 Å². The molecule has 0 bridgehead atoms. The van der Waals surface area contributed by atoms with Gasteiger partial charge in [0.15, 0.2) is 0 Å². The van der Waals surface area contributed by atoms with Crippen molar-refractivity contribution in [3.8, 4) is 0 Å². The smallest absolute Gasteiger partial charge is 0.240 e. The number of methoxy groups -OCH3 is 1. The second kappa shape index (κ2) is 6.64. The van der Waals surface area contributed by atoms with Gasteiger partial charge in [0.2, 0.25) is 11.8 Å². The summed E-state index contributed by atoms with van der Waals surface area (Å²) in [7, 11) is 1.55. The Labute approximate surface area is 132 Å². The van der Waals surface area contributed by atoms with Crippen LogP contribution in [-0.4, -0.2) is 32.1 Å². The van der Waals surface area contributed by atoms with Crippen molar-refractivity contribution in [2.45, 2.75) is 12.8 Å². The van der Waals surface area contributed by atoms with Crippen molar-refractivity contribution in [2.24, 2.45) is 5.41 Å². The summed E-state index contributed by atoms with van der Waals surface area (Å²) in [5, 5.41) is 6.24. The molecule has 7 heteroatoms. The molecule has 1 aliphatic rings. The fourth-order valence-corrected chi connectivity index (χ4v) is 2.52. The molecule has 21 heavy (non-hydrogen) atoms. The minimum absolute atomic E-state index is 0.273. The van der Waals surface area contributed by atoms with Gasteiger partial charge in [0.1, 0.15) is 5.41 Å². The Morgan fingerprint density at radius 2 is 1.81 bits per heavy atom. The molecule has 0 aromatic heterocycles. The van der Waals surface area contributed by atoms with Crippen LogP contribution in [0.25, 0.3) is 0 Å². The zero-order valence-electron chi connectivity index (χ0n) is 11.5. The second-order valence-electron chi connectivity index (χ2n) is 4.94. The molecule has 0 unspecified atom stereocenters. The molecule has 0 heterocycles. The van der Waals surface area contributed by atoms with Crippen LogP contribution in [0.2, 0.25) is 10.0 Å². The van der Waals surface area contributed by atoms with Crippen LogP contribution in [0.5, 0.6) is 0 Å². The molecule has 2 rings (SSSR count). The molecule has 114 valence electrons. The summed E-state index contributed by atoms with van der Waals surface area (Å²) in [4.78, 5) is 24.4. The molecule has 0 spiro atoms. The fourth-order valence-electron chi connectivity index (χ4n) is 1.99. The maximum atomic E-state index is 12.3. The number of carbonyl (C=O) groups is 2. The van der Waals surface area contributed by atoms with Crippen LogP contribution in [-0.2, 0) is 14.3 Å². The Morgan fingerprint density at radius 3 is 2.33 bits per heavy atom. The maximum Gasteiger partial charge on any atom is 0.240 e. The number of anilines is 1. The summed E-state index contributed by atoms with van der Waals surface area (Å²) in [5.74, 6) is -0.610. The lowest BCUT2D eigenvalue weighted by molar-refractivity contribution is -0.134. The minimum Gasteiger partial charge on any atom is -0.383 e. The van der Waals surface area contributed by atoms with E-state index in [1.165, 1.54) is 0 Å². The zero-order valence-corrected chi connectivity index (χ0v) is 13.1. The van der Waals surface area contributed by atoms with Crippen LogP contribution in [0.1, 0.15) is 12.8 Å². The summed E-state index contributed by atoms with van der Waals surface area (Å²) in [6.07, 6.45) is 1.07. The average Bonchev–Trinajstić information content (AvgIpc) is 3.19. The van der Waals surface area contributed by atoms with E-state index in [0.29, 0.717) is 41.7 Å². The summed E-state index contributed by atoms with van der Waals surface area (Å²) >= 11 is 11.8. The molecule has 2 N–H and O–H groups in total. The van der Waals surface area contributed by atoms with Gasteiger partial charge < -0.3 is 15.4 Å². The zero-order chi connectivity index (χ0) is 15.5. The van der Waals surface area contributed by atoms with E-state index in [4.69, 9.17) is 27.9 Å². The Bertz CT molecular complexity index is 539. The minimum atomic E-state index is -0.984. The van der Waals surface area contributed by atoms with Gasteiger partial charge in [-0.15, -0.1) is 0 Å². The number of rotatable bonds is 6. The third-order valence-corrected chi connectivity index (χ3v) is 3.77. The standard InChI is InChI=1S/C14H16Cl2N2O3/c1-21-5-4-17-12(19)14(2-3-14)13(20)18-11-7-9(15)6-10(16)8-11/h6-8H,2-5H2,1H3,(H,17,19)(H,18,20). The topological polar surface area (TPSA) is 67.4 Å². The van der Waals surface area contributed by atoms with Crippen molar-refractivity contribution in [1.82, 2.24) is 5.32 Å². The molecule has 0 aliphatic heterocycles. The second-order valence-corrected chi connectivity index (χ2v) is 5.82. The van der Waals surface area contributed by atoms with Crippen molar-refractivity contribution in [3.63, 3.8) is 0 Å². The quantitative estimate of drug-likeness (QED) is 0.622. The van der Waals surface area contributed by atoms with Crippen LogP contribution in [0.3, 0.4) is 0 Å². The Kier molecular flexibility index (Phi) is 5.08. The van der Waals surface area contributed by atoms with Gasteiger partial charge in [0.05, 0.1) is 6.61 Å². The van der Waals surface area contributed by atoms with Crippen LogP contribution in [0, 0.1) is 5.41 Å². The van der Waals surface area contributed by atoms with Gasteiger partial charge in [-0.2, -0.15) is 0 Å². The largest absolute Gasteiger partial charge is 0.383 e. The summed E-state index contributed by atoms with van der Waals surface area (Å²) in [6.45, 7) is 0.792. The van der Waals surface area contributed by atoms with E-state index in [0.717, 1.165) is 0 Å². The van der Waals surface area contributed by atoms with Gasteiger partial charge in [-0.3, -0.25) is 9.59 Å². The van der Waals surface area contributed by atoms with Gasteiger partial charge in [-0.05, 0) is 31.0 Å². The van der Waals surface area contributed by atoms with E-state index in [1.807, 2.05) is 0 Å². The molecule has 1 aliphatic carbocycles. The highest BCUT2D eigenvalue weighted by molar-refractivity contribution is 6.35. The maximum absolute atomic E-state index is 12.3. The molecule has 5 nitrogen and oxygen atoms in total. The molecule has 0 atom stereocenters. The van der Waals surface area contributed by atoms with Crippen LogP contribution in [0.4, 0.5) is 5.69 Å². The Morgan fingerprint density at radius 1 is 1.19 bits per heavy atom. The first-order chi connectivity index (χ1) is 9.98. The first-order valence-corrected chi connectivity index (χ1v) is 7.28. The predicted molar refractivity (Wildman–Crippen MR) is 81.6 cm³/mol. The molecule has 1 aromatic rings. The van der Waals surface area contributed by atoms with Gasteiger partial charge >= 0.3 is 0 Å². The van der Waals surface area contributed by atoms with Gasteiger partial charge in [0.25, 0.3) is 0 Å². The molecule has 1 fully saturated rings. The molecular formula is C14H16Cl2N2O3. The SMILES string of the molecule is COCCNC(=O)C1(C(=O)Nc2cc(Cl)cc(Cl)c2)CC1. The number of hydrogen-bond donors (Lipinski definition) is 2. The molecular weight excluding hydrogens is 315 g/mol. The van der Waals surface area contributed by atoms with E-state index in [9.17, 15) is 9.59 Å². The van der Waals surface area contributed by atoms with E-state index in [-0.39, 0.29) is 11.8 Å². The molecule has 2 amide bonds. The van der Waals surface area contributed by atoms with E-state index < -0.39 is 5.41 Å². The number of hydrogen-bond acceptors (Lipinski definition) is 3. The number of nitrogens with one attached hydrogen (secondary N) is 2. The monoisotopic (exact) mass is 330 g/mol. The molecule has 0 saturated heterocycles. The number of carbonyl (C=O) groups excluding carboxylic acids is 2. The van der Waals surface area contributed by atoms with E-state index >= 15 is 0 Å². The van der Waals surface area contributed by atoms with Crippen molar-refractivity contribution in [1.29, 1.82) is 0 Å². The van der Waals surface area contributed by atoms with Crippen molar-refractivity contribution >= 4 is 40.7 Å². The highest BCUT2D eigenvalue weighted by Gasteiger charge is 2.56. The van der Waals surface area contributed by atoms with E-state index in [2.05, 4.69) is 10.6 Å². The predicted octanol–water partition coefficient (Wildman–Crippen LogP) is 2.47. The van der Waals surface area contributed by atoms with Gasteiger partial charge in [-0.1, -0.05) is 23.2 Å². The summed E-state index contributed by atoms with van der Waals surface area (Å²) in [5.41, 5.74) is -0.504. The van der Waals surface area contributed by atoms with Crippen LogP contribution in [0.15, 0.2) is 18.2 Å². The first kappa shape index (κ1) is 16.1. The highest BCUT2D eigenvalue weighted by Crippen LogP contribution is 2.47. The van der Waals surface area contributed by atoms with Crippen LogP contribution < -0.4 is 10.6 Å². The van der Waals surface area contributed by atoms with E-state index in [1.54, 1.807) is 25.3 Å². The van der Waals surface area contributed by atoms with Crippen molar-refractivity contribution in [2.75, 3.05) is 25.6 Å². The first-order valence-electron chi connectivity index (χ1n) is 6.53. The third kappa shape index (κ3) is 3.87. The van der Waals surface area contributed by atoms with Crippen molar-refractivity contribution in [3.05, 3.63) is 28.2 Å². The lowest BCUT2D eigenvalue weighted by Crippen LogP contribution is -2.41. The molecule has 0 radical (unpaired) electrons. The third-order valence-electron chi connectivity index (χ3n) is 3.33. The lowest BCUT2D eigenvalue weighted by Gasteiger charge is -2.15. The Hall–Kier alpha value is -1.30. The summed E-state index contributed by atoms with van der Waals surface area (Å²) < 4.78 is 4.86.